The Morgan fingerprint density at radius 2 is 2.24 bits per heavy atom. The van der Waals surface area contributed by atoms with Crippen LogP contribution in [-0.4, -0.2) is 21.0 Å². The van der Waals surface area contributed by atoms with Crippen LogP contribution in [0.25, 0.3) is 0 Å². The lowest BCUT2D eigenvalue weighted by molar-refractivity contribution is -0.137. The van der Waals surface area contributed by atoms with Gasteiger partial charge in [0.05, 0.1) is 12.6 Å². The van der Waals surface area contributed by atoms with Crippen molar-refractivity contribution in [3.8, 4) is 0 Å². The Labute approximate surface area is 109 Å². The lowest BCUT2D eigenvalue weighted by Gasteiger charge is -2.28. The summed E-state index contributed by atoms with van der Waals surface area (Å²) >= 11 is 3.33. The van der Waals surface area contributed by atoms with E-state index in [9.17, 15) is 4.79 Å². The van der Waals surface area contributed by atoms with Gasteiger partial charge >= 0.3 is 5.97 Å². The van der Waals surface area contributed by atoms with E-state index in [4.69, 9.17) is 5.11 Å². The SMILES string of the molecule is O=C(O)CC(c1ncc(Br)[nH]1)C1CCCCC1. The molecule has 1 fully saturated rings. The highest BCUT2D eigenvalue weighted by Crippen LogP contribution is 2.37. The number of carboxylic acid groups (broad SMARTS) is 1. The molecule has 1 aliphatic rings. The van der Waals surface area contributed by atoms with Crippen LogP contribution in [0.3, 0.4) is 0 Å². The van der Waals surface area contributed by atoms with Gasteiger partial charge in [-0.2, -0.15) is 0 Å². The monoisotopic (exact) mass is 300 g/mol. The number of hydrogen-bond acceptors (Lipinski definition) is 2. The fourth-order valence-electron chi connectivity index (χ4n) is 2.71. The number of nitrogens with zero attached hydrogens (tertiary/aromatic N) is 1. The number of H-pyrrole nitrogens is 1. The summed E-state index contributed by atoms with van der Waals surface area (Å²) in [6.45, 7) is 0. The van der Waals surface area contributed by atoms with Gasteiger partial charge < -0.3 is 10.1 Å². The highest BCUT2D eigenvalue weighted by atomic mass is 79.9. The predicted molar refractivity (Wildman–Crippen MR) is 67.9 cm³/mol. The molecule has 1 saturated carbocycles. The molecule has 0 amide bonds. The van der Waals surface area contributed by atoms with E-state index in [1.54, 1.807) is 6.20 Å². The molecule has 5 heteroatoms. The lowest BCUT2D eigenvalue weighted by atomic mass is 9.78. The average molecular weight is 301 g/mol. The van der Waals surface area contributed by atoms with Gasteiger partial charge in [-0.3, -0.25) is 4.79 Å². The standard InChI is InChI=1S/C12H17BrN2O2/c13-10-7-14-12(15-10)9(6-11(16)17)8-4-2-1-3-5-8/h7-9H,1-6H2,(H,14,15)(H,16,17). The van der Waals surface area contributed by atoms with Crippen LogP contribution in [0.1, 0.15) is 50.3 Å². The van der Waals surface area contributed by atoms with Crippen LogP contribution >= 0.6 is 15.9 Å². The number of imidazole rings is 1. The molecule has 1 unspecified atom stereocenters. The van der Waals surface area contributed by atoms with Crippen molar-refractivity contribution in [1.29, 1.82) is 0 Å². The fourth-order valence-corrected chi connectivity index (χ4v) is 3.02. The summed E-state index contributed by atoms with van der Waals surface area (Å²) in [4.78, 5) is 18.4. The molecule has 1 aromatic rings. The number of halogens is 1. The van der Waals surface area contributed by atoms with Crippen molar-refractivity contribution in [2.24, 2.45) is 5.92 Å². The number of rotatable bonds is 4. The van der Waals surface area contributed by atoms with E-state index in [-0.39, 0.29) is 12.3 Å². The normalized spacial score (nSPS) is 19.1. The molecule has 0 aliphatic heterocycles. The quantitative estimate of drug-likeness (QED) is 0.896. The maximum absolute atomic E-state index is 11.0. The largest absolute Gasteiger partial charge is 0.481 e. The molecule has 1 atom stereocenters. The van der Waals surface area contributed by atoms with Crippen molar-refractivity contribution in [1.82, 2.24) is 9.97 Å². The van der Waals surface area contributed by atoms with Crippen LogP contribution in [0.2, 0.25) is 0 Å². The maximum Gasteiger partial charge on any atom is 0.304 e. The fraction of sp³-hybridized carbons (Fsp3) is 0.667. The lowest BCUT2D eigenvalue weighted by Crippen LogP contribution is -2.20. The summed E-state index contributed by atoms with van der Waals surface area (Å²) in [6, 6.07) is 0. The van der Waals surface area contributed by atoms with Gasteiger partial charge in [-0.05, 0) is 34.7 Å². The van der Waals surface area contributed by atoms with Gasteiger partial charge in [0.1, 0.15) is 10.4 Å². The molecule has 2 N–H and O–H groups in total. The van der Waals surface area contributed by atoms with E-state index in [0.29, 0.717) is 5.92 Å². The van der Waals surface area contributed by atoms with Crippen molar-refractivity contribution in [2.45, 2.75) is 44.4 Å². The number of carboxylic acids is 1. The van der Waals surface area contributed by atoms with Crippen LogP contribution in [0, 0.1) is 5.92 Å². The highest BCUT2D eigenvalue weighted by molar-refractivity contribution is 9.10. The molecular weight excluding hydrogens is 284 g/mol. The number of aromatic nitrogens is 2. The third kappa shape index (κ3) is 3.31. The van der Waals surface area contributed by atoms with Crippen LogP contribution in [0.4, 0.5) is 0 Å². The summed E-state index contributed by atoms with van der Waals surface area (Å²) < 4.78 is 0.818. The molecule has 0 radical (unpaired) electrons. The molecule has 17 heavy (non-hydrogen) atoms. The first kappa shape index (κ1) is 12.6. The minimum absolute atomic E-state index is 0.0269. The van der Waals surface area contributed by atoms with E-state index >= 15 is 0 Å². The first-order chi connectivity index (χ1) is 8.16. The van der Waals surface area contributed by atoms with Crippen LogP contribution in [0.15, 0.2) is 10.8 Å². The van der Waals surface area contributed by atoms with Gasteiger partial charge in [0.25, 0.3) is 0 Å². The first-order valence-corrected chi connectivity index (χ1v) is 6.88. The first-order valence-electron chi connectivity index (χ1n) is 6.09. The number of hydrogen-bond donors (Lipinski definition) is 2. The molecule has 94 valence electrons. The molecule has 4 nitrogen and oxygen atoms in total. The molecular formula is C12H17BrN2O2. The van der Waals surface area contributed by atoms with Crippen molar-refractivity contribution < 1.29 is 9.90 Å². The summed E-state index contributed by atoms with van der Waals surface area (Å²) in [5, 5.41) is 9.03. The van der Waals surface area contributed by atoms with Crippen molar-refractivity contribution >= 4 is 21.9 Å². The van der Waals surface area contributed by atoms with Crippen molar-refractivity contribution in [3.05, 3.63) is 16.6 Å². The van der Waals surface area contributed by atoms with Crippen molar-refractivity contribution in [3.63, 3.8) is 0 Å². The van der Waals surface area contributed by atoms with E-state index in [1.807, 2.05) is 0 Å². The summed E-state index contributed by atoms with van der Waals surface area (Å²) in [7, 11) is 0. The Morgan fingerprint density at radius 3 is 2.76 bits per heavy atom. The molecule has 1 aliphatic carbocycles. The highest BCUT2D eigenvalue weighted by Gasteiger charge is 2.29. The number of nitrogens with one attached hydrogen (secondary N) is 1. The second kappa shape index (κ2) is 5.67. The Kier molecular flexibility index (Phi) is 4.20. The smallest absolute Gasteiger partial charge is 0.304 e. The predicted octanol–water partition coefficient (Wildman–Crippen LogP) is 3.31. The molecule has 1 aromatic heterocycles. The van der Waals surface area contributed by atoms with Crippen LogP contribution in [-0.2, 0) is 4.79 Å². The Morgan fingerprint density at radius 1 is 1.53 bits per heavy atom. The zero-order valence-corrected chi connectivity index (χ0v) is 11.2. The van der Waals surface area contributed by atoms with Gasteiger partial charge in [0, 0.05) is 5.92 Å². The Hall–Kier alpha value is -0.840. The zero-order chi connectivity index (χ0) is 12.3. The maximum atomic E-state index is 11.0. The van der Waals surface area contributed by atoms with Gasteiger partial charge in [-0.15, -0.1) is 0 Å². The number of aliphatic carboxylic acids is 1. The molecule has 0 bridgehead atoms. The minimum atomic E-state index is -0.743. The average Bonchev–Trinajstić information content (AvgIpc) is 2.73. The van der Waals surface area contributed by atoms with E-state index in [0.717, 1.165) is 23.3 Å². The number of carbonyl (C=O) groups is 1. The Balaban J connectivity index is 2.14. The van der Waals surface area contributed by atoms with Gasteiger partial charge in [-0.25, -0.2) is 4.98 Å². The van der Waals surface area contributed by atoms with Gasteiger partial charge in [0.15, 0.2) is 0 Å². The molecule has 0 spiro atoms. The molecule has 1 heterocycles. The second-order valence-electron chi connectivity index (χ2n) is 4.72. The summed E-state index contributed by atoms with van der Waals surface area (Å²) in [6.07, 6.45) is 7.81. The Bertz CT molecular complexity index is 386. The van der Waals surface area contributed by atoms with E-state index in [2.05, 4.69) is 25.9 Å². The van der Waals surface area contributed by atoms with Gasteiger partial charge in [-0.1, -0.05) is 19.3 Å². The zero-order valence-electron chi connectivity index (χ0n) is 9.66. The summed E-state index contributed by atoms with van der Waals surface area (Å²) in [5.41, 5.74) is 0. The molecule has 0 saturated heterocycles. The van der Waals surface area contributed by atoms with Crippen LogP contribution in [0.5, 0.6) is 0 Å². The molecule has 2 rings (SSSR count). The van der Waals surface area contributed by atoms with Gasteiger partial charge in [0.2, 0.25) is 0 Å². The van der Waals surface area contributed by atoms with Crippen molar-refractivity contribution in [2.75, 3.05) is 0 Å². The third-order valence-electron chi connectivity index (χ3n) is 3.53. The van der Waals surface area contributed by atoms with E-state index in [1.165, 1.54) is 19.3 Å². The van der Waals surface area contributed by atoms with Crippen LogP contribution < -0.4 is 0 Å². The number of aromatic amines is 1. The third-order valence-corrected chi connectivity index (χ3v) is 3.93. The second-order valence-corrected chi connectivity index (χ2v) is 5.57. The minimum Gasteiger partial charge on any atom is -0.481 e. The topological polar surface area (TPSA) is 66.0 Å². The summed E-state index contributed by atoms with van der Waals surface area (Å²) in [5.74, 6) is 0.552. The van der Waals surface area contributed by atoms with E-state index < -0.39 is 5.97 Å². The molecule has 0 aromatic carbocycles.